The first-order valence-electron chi connectivity index (χ1n) is 8.68. The summed E-state index contributed by atoms with van der Waals surface area (Å²) in [5.41, 5.74) is 0. The molecule has 0 rings (SSSR count). The van der Waals surface area contributed by atoms with Crippen LogP contribution in [0.1, 0.15) is 96.8 Å². The van der Waals surface area contributed by atoms with Crippen molar-refractivity contribution in [3.05, 3.63) is 0 Å². The van der Waals surface area contributed by atoms with Gasteiger partial charge in [0.25, 0.3) is 0 Å². The van der Waals surface area contributed by atoms with Gasteiger partial charge in [0, 0.05) is 35.3 Å². The molecule has 0 atom stereocenters. The predicted molar refractivity (Wildman–Crippen MR) is 100 cm³/mol. The topological polar surface area (TPSA) is 54.4 Å². The second kappa shape index (κ2) is 18.6. The summed E-state index contributed by atoms with van der Waals surface area (Å²) in [4.78, 5) is 0. The number of rotatable bonds is 16. The minimum atomic E-state index is -3.83. The van der Waals surface area contributed by atoms with Crippen molar-refractivity contribution < 1.29 is 13.0 Å². The van der Waals surface area contributed by atoms with E-state index < -0.39 is 9.15 Å². The van der Waals surface area contributed by atoms with Gasteiger partial charge in [-0.3, -0.25) is 4.55 Å². The summed E-state index contributed by atoms with van der Waals surface area (Å²) < 4.78 is 29.5. The van der Waals surface area contributed by atoms with Crippen LogP contribution >= 0.6 is 10.8 Å². The molecule has 0 unspecified atom stereocenters. The quantitative estimate of drug-likeness (QED) is 0.168. The molecule has 0 amide bonds. The molecule has 0 bridgehead atoms. The van der Waals surface area contributed by atoms with Gasteiger partial charge in [0.15, 0.2) is 0 Å². The zero-order chi connectivity index (χ0) is 15.8. The fourth-order valence-corrected chi connectivity index (χ4v) is 3.98. The van der Waals surface area contributed by atoms with Crippen LogP contribution in [0, 0.1) is 0 Å². The Bertz CT molecular complexity index is 309. The fraction of sp³-hybridized carbons (Fsp3) is 1.00. The Balaban J connectivity index is 0. The minimum absolute atomic E-state index is 0. The molecular formula is C16H34NaO3S2. The molecule has 6 heteroatoms. The SMILES string of the molecule is CCCCCCCCCCCCCCCCSS(=O)(=O)O.[Na]. The molecule has 0 saturated carbocycles. The van der Waals surface area contributed by atoms with Gasteiger partial charge in [-0.15, -0.1) is 0 Å². The molecule has 3 nitrogen and oxygen atoms in total. The standard InChI is InChI=1S/C16H34O3S2.Na/c1-2-3-4-5-6-7-8-9-10-11-12-13-14-15-16-20-21(17,18)19;/h2-16H2,1H3,(H,17,18,19);. The third-order valence-corrected chi connectivity index (χ3v) is 5.88. The predicted octanol–water partition coefficient (Wildman–Crippen LogP) is 5.62. The van der Waals surface area contributed by atoms with Gasteiger partial charge in [0.05, 0.1) is 0 Å². The molecule has 1 radical (unpaired) electrons. The molecule has 0 aromatic rings. The van der Waals surface area contributed by atoms with Crippen LogP contribution in [0.25, 0.3) is 0 Å². The molecule has 1 N–H and O–H groups in total. The Kier molecular flexibility index (Phi) is 21.6. The Labute approximate surface area is 164 Å². The normalized spacial score (nSPS) is 11.4. The number of hydrogen-bond donors (Lipinski definition) is 1. The molecule has 0 fully saturated rings. The van der Waals surface area contributed by atoms with Crippen LogP contribution in [0.4, 0.5) is 0 Å². The van der Waals surface area contributed by atoms with Crippen LogP contribution in [0.15, 0.2) is 0 Å². The number of hydrogen-bond acceptors (Lipinski definition) is 3. The summed E-state index contributed by atoms with van der Waals surface area (Å²) in [6.45, 7) is 2.26. The van der Waals surface area contributed by atoms with Gasteiger partial charge in [0.1, 0.15) is 0 Å². The maximum absolute atomic E-state index is 10.5. The zero-order valence-electron chi connectivity index (χ0n) is 14.7. The van der Waals surface area contributed by atoms with Gasteiger partial charge in [-0.2, -0.15) is 8.42 Å². The minimum Gasteiger partial charge on any atom is -0.277 e. The largest absolute Gasteiger partial charge is 0.319 e. The third kappa shape index (κ3) is 23.5. The molecule has 129 valence electrons. The Morgan fingerprint density at radius 1 is 0.682 bits per heavy atom. The fourth-order valence-electron chi connectivity index (χ4n) is 2.46. The van der Waals surface area contributed by atoms with E-state index in [0.717, 1.165) is 12.8 Å². The van der Waals surface area contributed by atoms with Crippen LogP contribution in [0.5, 0.6) is 0 Å². The average Bonchev–Trinajstić information content (AvgIpc) is 2.42. The molecule has 0 saturated heterocycles. The average molecular weight is 362 g/mol. The summed E-state index contributed by atoms with van der Waals surface area (Å²) in [5, 5.41) is 0. The van der Waals surface area contributed by atoms with Gasteiger partial charge in [-0.1, -0.05) is 90.4 Å². The van der Waals surface area contributed by atoms with Crippen LogP contribution in [-0.4, -0.2) is 48.3 Å². The van der Waals surface area contributed by atoms with Gasteiger partial charge < -0.3 is 0 Å². The monoisotopic (exact) mass is 361 g/mol. The van der Waals surface area contributed by atoms with E-state index in [1.165, 1.54) is 77.0 Å². The summed E-state index contributed by atoms with van der Waals surface area (Å²) in [6, 6.07) is 0. The molecule has 0 aliphatic rings. The molecule has 0 aliphatic heterocycles. The smallest absolute Gasteiger partial charge is 0.277 e. The third-order valence-electron chi connectivity index (χ3n) is 3.73. The van der Waals surface area contributed by atoms with Gasteiger partial charge in [-0.25, -0.2) is 0 Å². The Morgan fingerprint density at radius 2 is 1.00 bits per heavy atom. The Morgan fingerprint density at radius 3 is 1.32 bits per heavy atom. The molecule has 0 aromatic carbocycles. The van der Waals surface area contributed by atoms with E-state index >= 15 is 0 Å². The first kappa shape index (κ1) is 25.5. The zero-order valence-corrected chi connectivity index (χ0v) is 18.3. The van der Waals surface area contributed by atoms with E-state index in [1.807, 2.05) is 0 Å². The van der Waals surface area contributed by atoms with Gasteiger partial charge in [-0.05, 0) is 17.2 Å². The van der Waals surface area contributed by atoms with E-state index in [9.17, 15) is 8.42 Å². The molecule has 0 aliphatic carbocycles. The maximum Gasteiger partial charge on any atom is 0.319 e. The van der Waals surface area contributed by atoms with E-state index in [1.54, 1.807) is 0 Å². The Hall–Kier alpha value is 1.26. The van der Waals surface area contributed by atoms with Gasteiger partial charge in [0.2, 0.25) is 0 Å². The van der Waals surface area contributed by atoms with E-state index in [0.29, 0.717) is 16.5 Å². The van der Waals surface area contributed by atoms with Crippen molar-refractivity contribution in [2.75, 3.05) is 5.75 Å². The first-order valence-corrected chi connectivity index (χ1v) is 11.6. The van der Waals surface area contributed by atoms with Crippen molar-refractivity contribution in [1.29, 1.82) is 0 Å². The van der Waals surface area contributed by atoms with Crippen molar-refractivity contribution in [3.8, 4) is 0 Å². The van der Waals surface area contributed by atoms with Crippen LogP contribution in [-0.2, 0) is 9.15 Å². The van der Waals surface area contributed by atoms with E-state index in [-0.39, 0.29) is 29.6 Å². The van der Waals surface area contributed by atoms with E-state index in [2.05, 4.69) is 6.92 Å². The molecule has 0 aromatic heterocycles. The second-order valence-electron chi connectivity index (χ2n) is 5.85. The van der Waals surface area contributed by atoms with Crippen molar-refractivity contribution in [2.24, 2.45) is 0 Å². The molecule has 0 heterocycles. The summed E-state index contributed by atoms with van der Waals surface area (Å²) in [7, 11) is -3.18. The van der Waals surface area contributed by atoms with Crippen LogP contribution < -0.4 is 0 Å². The molecule has 22 heavy (non-hydrogen) atoms. The van der Waals surface area contributed by atoms with Crippen molar-refractivity contribution in [2.45, 2.75) is 96.8 Å². The van der Waals surface area contributed by atoms with Crippen molar-refractivity contribution in [3.63, 3.8) is 0 Å². The molecule has 0 spiro atoms. The number of unbranched alkanes of at least 4 members (excludes halogenated alkanes) is 13. The van der Waals surface area contributed by atoms with Crippen LogP contribution in [0.2, 0.25) is 0 Å². The maximum atomic E-state index is 10.5. The summed E-state index contributed by atoms with van der Waals surface area (Å²) in [5.74, 6) is 0.511. The first-order chi connectivity index (χ1) is 10.1. The van der Waals surface area contributed by atoms with E-state index in [4.69, 9.17) is 4.55 Å². The summed E-state index contributed by atoms with van der Waals surface area (Å²) >= 11 is 0. The summed E-state index contributed by atoms with van der Waals surface area (Å²) in [6.07, 6.45) is 18.1. The van der Waals surface area contributed by atoms with Gasteiger partial charge >= 0.3 is 9.15 Å². The second-order valence-corrected chi connectivity index (χ2v) is 9.32. The molecular weight excluding hydrogens is 327 g/mol. The van der Waals surface area contributed by atoms with Crippen LogP contribution in [0.3, 0.4) is 0 Å². The van der Waals surface area contributed by atoms with Crippen molar-refractivity contribution >= 4 is 49.5 Å². The van der Waals surface area contributed by atoms with Crippen molar-refractivity contribution in [1.82, 2.24) is 0 Å².